The largest absolute Gasteiger partial charge is 0.299 e. The Morgan fingerprint density at radius 2 is 2.12 bits per heavy atom. The zero-order valence-electron chi connectivity index (χ0n) is 9.50. The van der Waals surface area contributed by atoms with E-state index in [1.165, 1.54) is 29.5 Å². The highest BCUT2D eigenvalue weighted by Crippen LogP contribution is 2.26. The van der Waals surface area contributed by atoms with Crippen molar-refractivity contribution in [1.29, 1.82) is 0 Å². The molecule has 2 atom stereocenters. The van der Waals surface area contributed by atoms with Crippen LogP contribution in [-0.4, -0.2) is 22.8 Å². The molecule has 1 aromatic rings. The molecular formula is C13H17Br2N. The van der Waals surface area contributed by atoms with Gasteiger partial charge in [-0.05, 0) is 30.5 Å². The van der Waals surface area contributed by atoms with Gasteiger partial charge in [-0.2, -0.15) is 0 Å². The minimum atomic E-state index is 0.697. The molecule has 1 saturated heterocycles. The third-order valence-electron chi connectivity index (χ3n) is 3.24. The molecular weight excluding hydrogens is 330 g/mol. The molecule has 0 radical (unpaired) electrons. The van der Waals surface area contributed by atoms with Gasteiger partial charge in [0, 0.05) is 22.4 Å². The zero-order valence-corrected chi connectivity index (χ0v) is 12.7. The highest BCUT2D eigenvalue weighted by Gasteiger charge is 2.23. The average Bonchev–Trinajstić information content (AvgIpc) is 2.27. The van der Waals surface area contributed by atoms with Crippen LogP contribution in [0.5, 0.6) is 0 Å². The fourth-order valence-electron chi connectivity index (χ4n) is 2.21. The first-order chi connectivity index (χ1) is 7.66. The molecule has 2 rings (SSSR count). The van der Waals surface area contributed by atoms with Gasteiger partial charge in [-0.25, -0.2) is 0 Å². The average molecular weight is 347 g/mol. The zero-order chi connectivity index (χ0) is 11.5. The third kappa shape index (κ3) is 3.08. The van der Waals surface area contributed by atoms with Gasteiger partial charge in [-0.15, -0.1) is 0 Å². The van der Waals surface area contributed by atoms with Gasteiger partial charge in [0.05, 0.1) is 0 Å². The Morgan fingerprint density at radius 1 is 1.38 bits per heavy atom. The summed E-state index contributed by atoms with van der Waals surface area (Å²) in [6.45, 7) is 5.77. The van der Waals surface area contributed by atoms with E-state index in [9.17, 15) is 0 Å². The van der Waals surface area contributed by atoms with Crippen LogP contribution in [-0.2, 0) is 6.54 Å². The fraction of sp³-hybridized carbons (Fsp3) is 0.538. The number of nitrogens with zero attached hydrogens (tertiary/aromatic N) is 1. The molecule has 0 N–H and O–H groups in total. The van der Waals surface area contributed by atoms with E-state index in [1.807, 2.05) is 0 Å². The molecule has 0 bridgehead atoms. The van der Waals surface area contributed by atoms with Gasteiger partial charge in [0.25, 0.3) is 0 Å². The Hall–Kier alpha value is 0.140. The van der Waals surface area contributed by atoms with Crippen molar-refractivity contribution >= 4 is 31.9 Å². The van der Waals surface area contributed by atoms with E-state index < -0.39 is 0 Å². The number of alkyl halides is 1. The maximum Gasteiger partial charge on any atom is 0.0245 e. The normalized spacial score (nSPS) is 26.9. The van der Waals surface area contributed by atoms with Crippen LogP contribution in [0.1, 0.15) is 18.9 Å². The molecule has 0 saturated carbocycles. The Balaban J connectivity index is 1.98. The van der Waals surface area contributed by atoms with E-state index in [1.54, 1.807) is 0 Å². The Bertz CT molecular complexity index is 354. The lowest BCUT2D eigenvalue weighted by atomic mass is 9.99. The number of piperidine rings is 1. The molecule has 1 nitrogen and oxygen atoms in total. The second-order valence-electron chi connectivity index (χ2n) is 4.61. The third-order valence-corrected chi connectivity index (χ3v) is 5.37. The van der Waals surface area contributed by atoms with Crippen molar-refractivity contribution < 1.29 is 0 Å². The Morgan fingerprint density at radius 3 is 2.81 bits per heavy atom. The van der Waals surface area contributed by atoms with E-state index in [2.05, 4.69) is 67.9 Å². The molecule has 1 aromatic carbocycles. The number of likely N-dealkylation sites (tertiary alicyclic amines) is 1. The predicted molar refractivity (Wildman–Crippen MR) is 75.9 cm³/mol. The van der Waals surface area contributed by atoms with Crippen molar-refractivity contribution in [3.8, 4) is 0 Å². The SMILES string of the molecule is CC1CN(Cc2ccccc2Br)CCC1Br. The highest BCUT2D eigenvalue weighted by atomic mass is 79.9. The summed E-state index contributed by atoms with van der Waals surface area (Å²) in [7, 11) is 0. The van der Waals surface area contributed by atoms with Crippen LogP contribution >= 0.6 is 31.9 Å². The van der Waals surface area contributed by atoms with Crippen LogP contribution in [0.15, 0.2) is 28.7 Å². The quantitative estimate of drug-likeness (QED) is 0.730. The van der Waals surface area contributed by atoms with Gasteiger partial charge >= 0.3 is 0 Å². The summed E-state index contributed by atoms with van der Waals surface area (Å²) in [6.07, 6.45) is 1.26. The number of hydrogen-bond donors (Lipinski definition) is 0. The number of benzene rings is 1. The summed E-state index contributed by atoms with van der Waals surface area (Å²) in [5.74, 6) is 0.747. The smallest absolute Gasteiger partial charge is 0.0245 e. The Labute approximate surface area is 114 Å². The van der Waals surface area contributed by atoms with Crippen LogP contribution in [0.25, 0.3) is 0 Å². The molecule has 88 valence electrons. The minimum absolute atomic E-state index is 0.697. The molecule has 1 heterocycles. The summed E-state index contributed by atoms with van der Waals surface area (Å²) in [5, 5.41) is 0. The van der Waals surface area contributed by atoms with E-state index in [4.69, 9.17) is 0 Å². The number of halogens is 2. The second-order valence-corrected chi connectivity index (χ2v) is 6.64. The molecule has 2 unspecified atom stereocenters. The van der Waals surface area contributed by atoms with Crippen LogP contribution in [0.3, 0.4) is 0 Å². The summed E-state index contributed by atoms with van der Waals surface area (Å²) in [6, 6.07) is 8.51. The number of hydrogen-bond acceptors (Lipinski definition) is 1. The number of rotatable bonds is 2. The van der Waals surface area contributed by atoms with Crippen molar-refractivity contribution in [2.75, 3.05) is 13.1 Å². The summed E-state index contributed by atoms with van der Waals surface area (Å²) in [4.78, 5) is 3.24. The summed E-state index contributed by atoms with van der Waals surface area (Å²) >= 11 is 7.36. The van der Waals surface area contributed by atoms with E-state index in [0.717, 1.165) is 12.5 Å². The summed E-state index contributed by atoms with van der Waals surface area (Å²) < 4.78 is 1.23. The highest BCUT2D eigenvalue weighted by molar-refractivity contribution is 9.10. The molecule has 16 heavy (non-hydrogen) atoms. The predicted octanol–water partition coefficient (Wildman–Crippen LogP) is 4.05. The molecule has 0 aliphatic carbocycles. The molecule has 1 aliphatic heterocycles. The van der Waals surface area contributed by atoms with Crippen LogP contribution in [0.4, 0.5) is 0 Å². The molecule has 0 spiro atoms. The van der Waals surface area contributed by atoms with E-state index >= 15 is 0 Å². The van der Waals surface area contributed by atoms with Crippen LogP contribution in [0, 0.1) is 5.92 Å². The first-order valence-corrected chi connectivity index (χ1v) is 7.47. The van der Waals surface area contributed by atoms with E-state index in [-0.39, 0.29) is 0 Å². The Kier molecular flexibility index (Phi) is 4.45. The lowest BCUT2D eigenvalue weighted by Crippen LogP contribution is -2.39. The van der Waals surface area contributed by atoms with Gasteiger partial charge in [0.1, 0.15) is 0 Å². The lowest BCUT2D eigenvalue weighted by Gasteiger charge is -2.34. The second kappa shape index (κ2) is 5.65. The molecule has 3 heteroatoms. The van der Waals surface area contributed by atoms with Crippen molar-refractivity contribution in [1.82, 2.24) is 4.90 Å². The van der Waals surface area contributed by atoms with Crippen molar-refractivity contribution in [3.05, 3.63) is 34.3 Å². The fourth-order valence-corrected chi connectivity index (χ4v) is 3.00. The maximum atomic E-state index is 3.75. The minimum Gasteiger partial charge on any atom is -0.299 e. The molecule has 0 amide bonds. The van der Waals surface area contributed by atoms with Gasteiger partial charge in [-0.1, -0.05) is 57.0 Å². The van der Waals surface area contributed by atoms with Crippen LogP contribution in [0.2, 0.25) is 0 Å². The maximum absolute atomic E-state index is 3.75. The van der Waals surface area contributed by atoms with Crippen molar-refractivity contribution in [2.24, 2.45) is 5.92 Å². The summed E-state index contributed by atoms with van der Waals surface area (Å²) in [5.41, 5.74) is 1.39. The van der Waals surface area contributed by atoms with Crippen LogP contribution < -0.4 is 0 Å². The van der Waals surface area contributed by atoms with Gasteiger partial charge in [0.2, 0.25) is 0 Å². The first kappa shape index (κ1) is 12.6. The van der Waals surface area contributed by atoms with Gasteiger partial charge in [-0.3, -0.25) is 4.90 Å². The van der Waals surface area contributed by atoms with Crippen molar-refractivity contribution in [3.63, 3.8) is 0 Å². The molecule has 0 aromatic heterocycles. The topological polar surface area (TPSA) is 3.24 Å². The van der Waals surface area contributed by atoms with Gasteiger partial charge < -0.3 is 0 Å². The van der Waals surface area contributed by atoms with Crippen molar-refractivity contribution in [2.45, 2.75) is 24.7 Å². The monoisotopic (exact) mass is 345 g/mol. The lowest BCUT2D eigenvalue weighted by molar-refractivity contribution is 0.183. The first-order valence-electron chi connectivity index (χ1n) is 5.76. The van der Waals surface area contributed by atoms with E-state index in [0.29, 0.717) is 4.83 Å². The molecule has 1 fully saturated rings. The standard InChI is InChI=1S/C13H17Br2N/c1-10-8-16(7-6-12(10)14)9-11-4-2-3-5-13(11)15/h2-5,10,12H,6-9H2,1H3. The van der Waals surface area contributed by atoms with Gasteiger partial charge in [0.15, 0.2) is 0 Å². The molecule has 1 aliphatic rings.